The Morgan fingerprint density at radius 1 is 1.32 bits per heavy atom. The maximum atomic E-state index is 12.9. The second-order valence-electron chi connectivity index (χ2n) is 6.13. The molecular formula is C20H15F3N4O. The van der Waals surface area contributed by atoms with Crippen LogP contribution < -0.4 is 5.32 Å². The van der Waals surface area contributed by atoms with Gasteiger partial charge in [-0.15, -0.1) is 0 Å². The maximum absolute atomic E-state index is 12.9. The van der Waals surface area contributed by atoms with E-state index in [9.17, 15) is 23.2 Å². The van der Waals surface area contributed by atoms with E-state index in [1.807, 2.05) is 6.07 Å². The zero-order valence-electron chi connectivity index (χ0n) is 14.7. The molecule has 5 nitrogen and oxygen atoms in total. The van der Waals surface area contributed by atoms with E-state index in [1.165, 1.54) is 18.2 Å². The zero-order chi connectivity index (χ0) is 20.3. The van der Waals surface area contributed by atoms with Crippen molar-refractivity contribution in [2.24, 2.45) is 0 Å². The number of alkyl halides is 3. The van der Waals surface area contributed by atoms with Gasteiger partial charge in [0, 0.05) is 23.3 Å². The Morgan fingerprint density at radius 2 is 2.11 bits per heavy atom. The number of nitriles is 1. The highest BCUT2D eigenvalue weighted by Gasteiger charge is 2.30. The number of rotatable bonds is 4. The standard InChI is InChI=1S/C20H15F3N4O/c1-12(13-4-2-5-16(9-13)20(21,22)23)27-19(28)14(10-24)8-15-11-26-18-17(15)6-3-7-25-18/h2-9,11-12H,1H3,(H,25,26)(H,27,28)/b14-8+/t12-/m1/s1. The van der Waals surface area contributed by atoms with E-state index in [1.54, 1.807) is 31.5 Å². The average Bonchev–Trinajstić information content (AvgIpc) is 3.08. The Morgan fingerprint density at radius 3 is 2.82 bits per heavy atom. The molecule has 1 amide bonds. The second kappa shape index (κ2) is 7.56. The van der Waals surface area contributed by atoms with Crippen LogP contribution in [0.4, 0.5) is 13.2 Å². The van der Waals surface area contributed by atoms with E-state index in [4.69, 9.17) is 0 Å². The van der Waals surface area contributed by atoms with Crippen molar-refractivity contribution < 1.29 is 18.0 Å². The molecule has 28 heavy (non-hydrogen) atoms. The summed E-state index contributed by atoms with van der Waals surface area (Å²) in [6.45, 7) is 1.55. The van der Waals surface area contributed by atoms with Crippen LogP contribution in [0.15, 0.2) is 54.4 Å². The molecule has 1 aromatic carbocycles. The minimum atomic E-state index is -4.47. The van der Waals surface area contributed by atoms with Crippen LogP contribution in [0, 0.1) is 11.3 Å². The molecule has 0 spiro atoms. The molecule has 0 saturated heterocycles. The first-order valence-corrected chi connectivity index (χ1v) is 8.31. The lowest BCUT2D eigenvalue weighted by Gasteiger charge is -2.16. The van der Waals surface area contributed by atoms with E-state index in [-0.39, 0.29) is 11.1 Å². The van der Waals surface area contributed by atoms with E-state index in [0.29, 0.717) is 11.2 Å². The fraction of sp³-hybridized carbons (Fsp3) is 0.150. The average molecular weight is 384 g/mol. The first kappa shape index (κ1) is 19.2. The molecule has 0 radical (unpaired) electrons. The summed E-state index contributed by atoms with van der Waals surface area (Å²) in [4.78, 5) is 19.5. The molecule has 3 aromatic rings. The topological polar surface area (TPSA) is 81.6 Å². The third-order valence-corrected chi connectivity index (χ3v) is 4.21. The molecule has 142 valence electrons. The summed E-state index contributed by atoms with van der Waals surface area (Å²) in [6, 6.07) is 9.35. The SMILES string of the molecule is C[C@@H](NC(=O)/C(C#N)=C/c1c[nH]c2ncccc12)c1cccc(C(F)(F)F)c1. The van der Waals surface area contributed by atoms with Gasteiger partial charge >= 0.3 is 6.18 Å². The Bertz CT molecular complexity index is 1090. The molecular weight excluding hydrogens is 369 g/mol. The number of hydrogen-bond acceptors (Lipinski definition) is 3. The monoisotopic (exact) mass is 384 g/mol. The van der Waals surface area contributed by atoms with Crippen molar-refractivity contribution in [3.8, 4) is 6.07 Å². The fourth-order valence-corrected chi connectivity index (χ4v) is 2.74. The van der Waals surface area contributed by atoms with Crippen molar-refractivity contribution in [1.29, 1.82) is 5.26 Å². The molecule has 2 N–H and O–H groups in total. The summed E-state index contributed by atoms with van der Waals surface area (Å²) >= 11 is 0. The van der Waals surface area contributed by atoms with Gasteiger partial charge in [-0.25, -0.2) is 4.98 Å². The number of aromatic nitrogens is 2. The van der Waals surface area contributed by atoms with Crippen molar-refractivity contribution in [1.82, 2.24) is 15.3 Å². The first-order valence-electron chi connectivity index (χ1n) is 8.31. The molecule has 2 aromatic heterocycles. The van der Waals surface area contributed by atoms with Crippen molar-refractivity contribution in [2.75, 3.05) is 0 Å². The highest BCUT2D eigenvalue weighted by Crippen LogP contribution is 2.30. The number of aromatic amines is 1. The van der Waals surface area contributed by atoms with Gasteiger partial charge in [-0.3, -0.25) is 4.79 Å². The van der Waals surface area contributed by atoms with Gasteiger partial charge in [-0.05, 0) is 42.8 Å². The Hall–Kier alpha value is -3.60. The molecule has 0 aliphatic carbocycles. The normalized spacial score (nSPS) is 13.2. The highest BCUT2D eigenvalue weighted by molar-refractivity contribution is 6.03. The van der Waals surface area contributed by atoms with Crippen LogP contribution >= 0.6 is 0 Å². The van der Waals surface area contributed by atoms with Crippen molar-refractivity contribution in [2.45, 2.75) is 19.1 Å². The number of pyridine rings is 1. The quantitative estimate of drug-likeness (QED) is 0.518. The predicted molar refractivity (Wildman–Crippen MR) is 97.7 cm³/mol. The van der Waals surface area contributed by atoms with Crippen LogP contribution in [0.5, 0.6) is 0 Å². The number of fused-ring (bicyclic) bond motifs is 1. The number of nitrogens with zero attached hydrogens (tertiary/aromatic N) is 2. The van der Waals surface area contributed by atoms with Gasteiger partial charge in [-0.2, -0.15) is 18.4 Å². The van der Waals surface area contributed by atoms with E-state index in [0.717, 1.165) is 17.5 Å². The van der Waals surface area contributed by atoms with Gasteiger partial charge in [0.15, 0.2) is 0 Å². The molecule has 0 bridgehead atoms. The minimum Gasteiger partial charge on any atom is -0.346 e. The van der Waals surface area contributed by atoms with Gasteiger partial charge in [-0.1, -0.05) is 12.1 Å². The maximum Gasteiger partial charge on any atom is 0.416 e. The summed E-state index contributed by atoms with van der Waals surface area (Å²) in [5, 5.41) is 12.7. The first-order chi connectivity index (χ1) is 13.3. The Kier molecular flexibility index (Phi) is 5.18. The minimum absolute atomic E-state index is 0.163. The number of carbonyl (C=O) groups is 1. The number of benzene rings is 1. The van der Waals surface area contributed by atoms with Gasteiger partial charge in [0.1, 0.15) is 17.3 Å². The van der Waals surface area contributed by atoms with E-state index in [2.05, 4.69) is 15.3 Å². The highest BCUT2D eigenvalue weighted by atomic mass is 19.4. The van der Waals surface area contributed by atoms with Crippen LogP contribution in [0.3, 0.4) is 0 Å². The second-order valence-corrected chi connectivity index (χ2v) is 6.13. The predicted octanol–water partition coefficient (Wildman–Crippen LogP) is 4.37. The number of halogens is 3. The van der Waals surface area contributed by atoms with Gasteiger partial charge in [0.2, 0.25) is 0 Å². The number of amides is 1. The Balaban J connectivity index is 1.82. The number of hydrogen-bond donors (Lipinski definition) is 2. The molecule has 0 fully saturated rings. The molecule has 3 rings (SSSR count). The number of nitrogens with one attached hydrogen (secondary N) is 2. The lowest BCUT2D eigenvalue weighted by Crippen LogP contribution is -2.27. The van der Waals surface area contributed by atoms with Crippen LogP contribution in [-0.2, 0) is 11.0 Å². The van der Waals surface area contributed by atoms with Gasteiger partial charge < -0.3 is 10.3 Å². The summed E-state index contributed by atoms with van der Waals surface area (Å²) in [5.41, 5.74) is 0.555. The summed E-state index contributed by atoms with van der Waals surface area (Å²) in [7, 11) is 0. The largest absolute Gasteiger partial charge is 0.416 e. The van der Waals surface area contributed by atoms with Crippen molar-refractivity contribution in [3.63, 3.8) is 0 Å². The lowest BCUT2D eigenvalue weighted by atomic mass is 10.0. The zero-order valence-corrected chi connectivity index (χ0v) is 14.7. The van der Waals surface area contributed by atoms with Gasteiger partial charge in [0.25, 0.3) is 5.91 Å². The Labute approximate surface area is 158 Å². The number of H-pyrrole nitrogens is 1. The molecule has 0 aliphatic heterocycles. The van der Waals surface area contributed by atoms with Crippen LogP contribution in [0.2, 0.25) is 0 Å². The van der Waals surface area contributed by atoms with Crippen molar-refractivity contribution >= 4 is 23.0 Å². The third kappa shape index (κ3) is 4.04. The van der Waals surface area contributed by atoms with Crippen molar-refractivity contribution in [3.05, 3.63) is 71.1 Å². The molecule has 8 heteroatoms. The van der Waals surface area contributed by atoms with Gasteiger partial charge in [0.05, 0.1) is 11.6 Å². The fourth-order valence-electron chi connectivity index (χ4n) is 2.74. The molecule has 1 atom stereocenters. The smallest absolute Gasteiger partial charge is 0.346 e. The van der Waals surface area contributed by atoms with Crippen LogP contribution in [-0.4, -0.2) is 15.9 Å². The molecule has 0 saturated carbocycles. The number of carbonyl (C=O) groups excluding carboxylic acids is 1. The third-order valence-electron chi connectivity index (χ3n) is 4.21. The van der Waals surface area contributed by atoms with E-state index >= 15 is 0 Å². The summed E-state index contributed by atoms with van der Waals surface area (Å²) in [5.74, 6) is -0.675. The van der Waals surface area contributed by atoms with Crippen LogP contribution in [0.25, 0.3) is 17.1 Å². The lowest BCUT2D eigenvalue weighted by molar-refractivity contribution is -0.137. The summed E-state index contributed by atoms with van der Waals surface area (Å²) in [6.07, 6.45) is 0.176. The molecule has 2 heterocycles. The van der Waals surface area contributed by atoms with Crippen LogP contribution in [0.1, 0.15) is 29.7 Å². The summed E-state index contributed by atoms with van der Waals surface area (Å²) < 4.78 is 38.6. The van der Waals surface area contributed by atoms with E-state index < -0.39 is 23.7 Å². The molecule has 0 unspecified atom stereocenters. The molecule has 0 aliphatic rings.